The molecule has 0 amide bonds. The predicted octanol–water partition coefficient (Wildman–Crippen LogP) is 2.27. The summed E-state index contributed by atoms with van der Waals surface area (Å²) in [6.45, 7) is 4.52. The van der Waals surface area contributed by atoms with E-state index in [1.54, 1.807) is 0 Å². The Balaban J connectivity index is 3.34. The van der Waals surface area contributed by atoms with E-state index in [2.05, 4.69) is 19.2 Å². The van der Waals surface area contributed by atoms with Gasteiger partial charge in [0.2, 0.25) is 0 Å². The smallest absolute Gasteiger partial charge is 0.0933 e. The fraction of sp³-hybridized carbons (Fsp3) is 1.00. The maximum atomic E-state index is 8.71. The minimum absolute atomic E-state index is 0.122. The molecule has 12 heavy (non-hydrogen) atoms. The molecule has 1 atom stereocenters. The van der Waals surface area contributed by atoms with Crippen LogP contribution in [-0.4, -0.2) is 17.9 Å². The third kappa shape index (κ3) is 6.62. The van der Waals surface area contributed by atoms with E-state index in [9.17, 15) is 0 Å². The van der Waals surface area contributed by atoms with Gasteiger partial charge in [-0.3, -0.25) is 5.32 Å². The Labute approximate surface area is 76.4 Å². The summed E-state index contributed by atoms with van der Waals surface area (Å²) in [4.78, 5) is 0. The number of nitrogens with one attached hydrogen (secondary N) is 1. The first-order chi connectivity index (χ1) is 5.85. The van der Waals surface area contributed by atoms with Crippen molar-refractivity contribution in [2.45, 2.75) is 58.4 Å². The average Bonchev–Trinajstić information content (AvgIpc) is 2.06. The quantitative estimate of drug-likeness (QED) is 0.436. The Bertz CT molecular complexity index is 79.9. The van der Waals surface area contributed by atoms with Gasteiger partial charge in [-0.1, -0.05) is 39.5 Å². The molecule has 0 aromatic heterocycles. The van der Waals surface area contributed by atoms with Crippen LogP contribution in [0.3, 0.4) is 0 Å². The molecule has 0 aromatic carbocycles. The fourth-order valence-electron chi connectivity index (χ4n) is 1.47. The van der Waals surface area contributed by atoms with Gasteiger partial charge in [-0.25, -0.2) is 0 Å². The van der Waals surface area contributed by atoms with Crippen LogP contribution < -0.4 is 5.32 Å². The largest absolute Gasteiger partial charge is 0.381 e. The Hall–Kier alpha value is -0.0800. The number of unbranched alkanes of at least 4 members (excludes halogenated alkanes) is 2. The number of hydrogen-bond acceptors (Lipinski definition) is 2. The molecule has 2 nitrogen and oxygen atoms in total. The molecule has 0 rings (SSSR count). The van der Waals surface area contributed by atoms with Gasteiger partial charge in [0.15, 0.2) is 0 Å². The van der Waals surface area contributed by atoms with E-state index in [4.69, 9.17) is 5.11 Å². The van der Waals surface area contributed by atoms with Crippen LogP contribution in [0, 0.1) is 0 Å². The van der Waals surface area contributed by atoms with Crippen LogP contribution in [0.5, 0.6) is 0 Å². The summed E-state index contributed by atoms with van der Waals surface area (Å²) in [7, 11) is 0. The van der Waals surface area contributed by atoms with Crippen LogP contribution in [0.2, 0.25) is 0 Å². The summed E-state index contributed by atoms with van der Waals surface area (Å²) in [5, 5.41) is 11.8. The van der Waals surface area contributed by atoms with E-state index in [0.29, 0.717) is 6.04 Å². The standard InChI is InChI=1S/C10H23NO/c1-3-5-6-8-10(7-4-2)11-9-12/h10-12H,3-9H2,1-2H3. The molecule has 0 heterocycles. The molecule has 0 aromatic rings. The summed E-state index contributed by atoms with van der Waals surface area (Å²) >= 11 is 0. The SMILES string of the molecule is CCCCCC(CCC)NCO. The summed E-state index contributed by atoms with van der Waals surface area (Å²) < 4.78 is 0. The van der Waals surface area contributed by atoms with Gasteiger partial charge in [-0.15, -0.1) is 0 Å². The van der Waals surface area contributed by atoms with Gasteiger partial charge in [0, 0.05) is 6.04 Å². The third-order valence-corrected chi connectivity index (χ3v) is 2.17. The molecular weight excluding hydrogens is 150 g/mol. The van der Waals surface area contributed by atoms with Crippen molar-refractivity contribution < 1.29 is 5.11 Å². The van der Waals surface area contributed by atoms with E-state index >= 15 is 0 Å². The normalized spacial score (nSPS) is 13.2. The molecule has 1 unspecified atom stereocenters. The van der Waals surface area contributed by atoms with Crippen molar-refractivity contribution in [2.24, 2.45) is 0 Å². The van der Waals surface area contributed by atoms with Gasteiger partial charge in [0.1, 0.15) is 0 Å². The van der Waals surface area contributed by atoms with Crippen molar-refractivity contribution >= 4 is 0 Å². The highest BCUT2D eigenvalue weighted by Crippen LogP contribution is 2.07. The monoisotopic (exact) mass is 173 g/mol. The maximum absolute atomic E-state index is 8.71. The highest BCUT2D eigenvalue weighted by Gasteiger charge is 2.04. The Kier molecular flexibility index (Phi) is 8.95. The third-order valence-electron chi connectivity index (χ3n) is 2.17. The van der Waals surface area contributed by atoms with E-state index in [-0.39, 0.29) is 6.73 Å². The molecule has 2 N–H and O–H groups in total. The lowest BCUT2D eigenvalue weighted by atomic mass is 10.0. The van der Waals surface area contributed by atoms with E-state index < -0.39 is 0 Å². The highest BCUT2D eigenvalue weighted by atomic mass is 16.3. The van der Waals surface area contributed by atoms with Crippen molar-refractivity contribution in [3.8, 4) is 0 Å². The first kappa shape index (κ1) is 11.9. The molecule has 74 valence electrons. The zero-order valence-electron chi connectivity index (χ0n) is 8.47. The lowest BCUT2D eigenvalue weighted by molar-refractivity contribution is 0.230. The summed E-state index contributed by atoms with van der Waals surface area (Å²) in [5.41, 5.74) is 0. The first-order valence-electron chi connectivity index (χ1n) is 5.19. The van der Waals surface area contributed by atoms with Crippen molar-refractivity contribution in [1.82, 2.24) is 5.32 Å². The molecule has 0 fully saturated rings. The zero-order chi connectivity index (χ0) is 9.23. The lowest BCUT2D eigenvalue weighted by Crippen LogP contribution is -2.29. The Morgan fingerprint density at radius 1 is 1.08 bits per heavy atom. The van der Waals surface area contributed by atoms with Gasteiger partial charge >= 0.3 is 0 Å². The topological polar surface area (TPSA) is 32.3 Å². The van der Waals surface area contributed by atoms with Crippen LogP contribution in [0.1, 0.15) is 52.4 Å². The van der Waals surface area contributed by atoms with Gasteiger partial charge in [0.25, 0.3) is 0 Å². The van der Waals surface area contributed by atoms with Crippen molar-refractivity contribution in [1.29, 1.82) is 0 Å². The molecule has 2 heteroatoms. The highest BCUT2D eigenvalue weighted by molar-refractivity contribution is 4.63. The van der Waals surface area contributed by atoms with E-state index in [1.807, 2.05) is 0 Å². The second-order valence-corrected chi connectivity index (χ2v) is 3.34. The van der Waals surface area contributed by atoms with Crippen molar-refractivity contribution in [2.75, 3.05) is 6.73 Å². The number of aliphatic hydroxyl groups is 1. The van der Waals surface area contributed by atoms with Crippen molar-refractivity contribution in [3.05, 3.63) is 0 Å². The number of hydrogen-bond donors (Lipinski definition) is 2. The minimum atomic E-state index is 0.122. The van der Waals surface area contributed by atoms with Crippen molar-refractivity contribution in [3.63, 3.8) is 0 Å². The van der Waals surface area contributed by atoms with Crippen LogP contribution in [0.4, 0.5) is 0 Å². The Morgan fingerprint density at radius 2 is 1.83 bits per heavy atom. The molecule has 0 aliphatic heterocycles. The van der Waals surface area contributed by atoms with Crippen LogP contribution in [0.15, 0.2) is 0 Å². The average molecular weight is 173 g/mol. The second-order valence-electron chi connectivity index (χ2n) is 3.34. The fourth-order valence-corrected chi connectivity index (χ4v) is 1.47. The summed E-state index contributed by atoms with van der Waals surface area (Å²) in [6.07, 6.45) is 7.47. The molecule has 0 saturated heterocycles. The van der Waals surface area contributed by atoms with E-state index in [0.717, 1.165) is 0 Å². The van der Waals surface area contributed by atoms with E-state index in [1.165, 1.54) is 38.5 Å². The molecule has 0 spiro atoms. The summed E-state index contributed by atoms with van der Waals surface area (Å²) in [5.74, 6) is 0. The molecular formula is C10H23NO. The molecule has 0 radical (unpaired) electrons. The molecule has 0 saturated carbocycles. The minimum Gasteiger partial charge on any atom is -0.381 e. The second kappa shape index (κ2) is 9.01. The van der Waals surface area contributed by atoms with Crippen LogP contribution >= 0.6 is 0 Å². The van der Waals surface area contributed by atoms with Crippen LogP contribution in [-0.2, 0) is 0 Å². The molecule has 0 aliphatic carbocycles. The van der Waals surface area contributed by atoms with Gasteiger partial charge < -0.3 is 5.11 Å². The number of rotatable bonds is 8. The maximum Gasteiger partial charge on any atom is 0.0933 e. The van der Waals surface area contributed by atoms with Gasteiger partial charge in [-0.05, 0) is 12.8 Å². The van der Waals surface area contributed by atoms with Crippen LogP contribution in [0.25, 0.3) is 0 Å². The van der Waals surface area contributed by atoms with Gasteiger partial charge in [-0.2, -0.15) is 0 Å². The predicted molar refractivity (Wildman–Crippen MR) is 53.1 cm³/mol. The Morgan fingerprint density at radius 3 is 2.33 bits per heavy atom. The zero-order valence-corrected chi connectivity index (χ0v) is 8.47. The first-order valence-corrected chi connectivity index (χ1v) is 5.19. The lowest BCUT2D eigenvalue weighted by Gasteiger charge is -2.15. The number of aliphatic hydroxyl groups excluding tert-OH is 1. The molecule has 0 aliphatic rings. The summed E-state index contributed by atoms with van der Waals surface area (Å²) in [6, 6.07) is 0.534. The molecule has 0 bridgehead atoms. The van der Waals surface area contributed by atoms with Gasteiger partial charge in [0.05, 0.1) is 6.73 Å².